The first-order valence-corrected chi connectivity index (χ1v) is 6.24. The van der Waals surface area contributed by atoms with Gasteiger partial charge in [0, 0.05) is 31.8 Å². The Morgan fingerprint density at radius 2 is 2.12 bits per heavy atom. The van der Waals surface area contributed by atoms with Crippen molar-refractivity contribution in [1.82, 2.24) is 4.31 Å². The quantitative estimate of drug-likeness (QED) is 0.752. The number of anilines is 1. The van der Waals surface area contributed by atoms with Gasteiger partial charge in [-0.3, -0.25) is 4.31 Å². The van der Waals surface area contributed by atoms with Crippen LogP contribution in [0.25, 0.3) is 0 Å². The Labute approximate surface area is 102 Å². The molecule has 0 saturated carbocycles. The Balaban J connectivity index is 2.26. The minimum absolute atomic E-state index is 0.526. The molecule has 2 rings (SSSR count). The van der Waals surface area contributed by atoms with E-state index < -0.39 is 0 Å². The Morgan fingerprint density at radius 3 is 2.81 bits per heavy atom. The van der Waals surface area contributed by atoms with Crippen LogP contribution in [-0.2, 0) is 11.3 Å². The summed E-state index contributed by atoms with van der Waals surface area (Å²) in [6.45, 7) is 6.04. The Hall–Kier alpha value is -0.710. The highest BCUT2D eigenvalue weighted by molar-refractivity contribution is 7.98. The van der Waals surface area contributed by atoms with Crippen molar-refractivity contribution in [3.63, 3.8) is 0 Å². The molecule has 1 heterocycles. The first-order chi connectivity index (χ1) is 7.72. The molecule has 0 radical (unpaired) electrons. The fourth-order valence-electron chi connectivity index (χ4n) is 1.74. The van der Waals surface area contributed by atoms with Gasteiger partial charge in [0.2, 0.25) is 0 Å². The van der Waals surface area contributed by atoms with E-state index in [4.69, 9.17) is 4.74 Å². The molecule has 3 nitrogen and oxygen atoms in total. The van der Waals surface area contributed by atoms with Gasteiger partial charge >= 0.3 is 0 Å². The lowest BCUT2D eigenvalue weighted by molar-refractivity contribution is 0.209. The maximum Gasteiger partial charge on any atom is 0.129 e. The summed E-state index contributed by atoms with van der Waals surface area (Å²) in [4.78, 5) is 0. The second-order valence-electron chi connectivity index (χ2n) is 4.18. The van der Waals surface area contributed by atoms with Crippen molar-refractivity contribution in [2.45, 2.75) is 26.4 Å². The molecule has 4 heteroatoms. The van der Waals surface area contributed by atoms with Crippen LogP contribution in [0.2, 0.25) is 0 Å². The Kier molecular flexibility index (Phi) is 3.74. The van der Waals surface area contributed by atoms with E-state index >= 15 is 0 Å². The van der Waals surface area contributed by atoms with Crippen molar-refractivity contribution < 1.29 is 4.74 Å². The normalized spacial score (nSPS) is 16.6. The van der Waals surface area contributed by atoms with Crippen molar-refractivity contribution in [2.75, 3.05) is 18.1 Å². The van der Waals surface area contributed by atoms with Crippen LogP contribution in [0.1, 0.15) is 19.4 Å². The maximum absolute atomic E-state index is 5.24. The van der Waals surface area contributed by atoms with E-state index in [2.05, 4.69) is 46.7 Å². The van der Waals surface area contributed by atoms with Gasteiger partial charge < -0.3 is 4.74 Å². The molecule has 0 saturated heterocycles. The van der Waals surface area contributed by atoms with E-state index in [0.717, 1.165) is 6.54 Å². The summed E-state index contributed by atoms with van der Waals surface area (Å²) in [7, 11) is 1.73. The molecule has 0 fully saturated rings. The van der Waals surface area contributed by atoms with E-state index in [-0.39, 0.29) is 0 Å². The van der Waals surface area contributed by atoms with Crippen LogP contribution in [-0.4, -0.2) is 24.2 Å². The summed E-state index contributed by atoms with van der Waals surface area (Å²) in [5, 5.41) is 0. The van der Waals surface area contributed by atoms with Gasteiger partial charge in [-0.2, -0.15) is 0 Å². The molecule has 0 spiro atoms. The number of rotatable bonds is 3. The van der Waals surface area contributed by atoms with Crippen LogP contribution in [0.5, 0.6) is 0 Å². The third-order valence-corrected chi connectivity index (χ3v) is 3.87. The molecule has 1 aromatic carbocycles. The number of ether oxygens (including phenoxy) is 1. The van der Waals surface area contributed by atoms with E-state index in [9.17, 15) is 0 Å². The predicted molar refractivity (Wildman–Crippen MR) is 69.1 cm³/mol. The van der Waals surface area contributed by atoms with Crippen LogP contribution >= 0.6 is 12.1 Å². The van der Waals surface area contributed by atoms with Crippen molar-refractivity contribution >= 4 is 17.8 Å². The summed E-state index contributed by atoms with van der Waals surface area (Å²) < 4.78 is 9.80. The molecule has 88 valence electrons. The molecule has 0 amide bonds. The van der Waals surface area contributed by atoms with Gasteiger partial charge in [0.15, 0.2) is 0 Å². The zero-order valence-electron chi connectivity index (χ0n) is 10.0. The molecule has 0 atom stereocenters. The summed E-state index contributed by atoms with van der Waals surface area (Å²) >= 11 is 1.75. The topological polar surface area (TPSA) is 15.7 Å². The van der Waals surface area contributed by atoms with Gasteiger partial charge in [-0.15, -0.1) is 0 Å². The molecule has 0 N–H and O–H groups in total. The third-order valence-electron chi connectivity index (χ3n) is 2.61. The molecule has 16 heavy (non-hydrogen) atoms. The zero-order valence-corrected chi connectivity index (χ0v) is 10.8. The monoisotopic (exact) mass is 238 g/mol. The smallest absolute Gasteiger partial charge is 0.129 e. The Morgan fingerprint density at radius 1 is 1.38 bits per heavy atom. The van der Waals surface area contributed by atoms with Crippen LogP contribution < -0.4 is 4.31 Å². The van der Waals surface area contributed by atoms with E-state index in [1.165, 1.54) is 11.3 Å². The SMILES string of the molecule is COCN1SN(C(C)C)Cc2ccccc21. The van der Waals surface area contributed by atoms with Crippen molar-refractivity contribution in [2.24, 2.45) is 0 Å². The number of benzene rings is 1. The molecule has 1 aliphatic rings. The highest BCUT2D eigenvalue weighted by atomic mass is 32.2. The molecular formula is C12H18N2OS. The lowest BCUT2D eigenvalue weighted by Gasteiger charge is -2.37. The van der Waals surface area contributed by atoms with Crippen LogP contribution in [0.3, 0.4) is 0 Å². The van der Waals surface area contributed by atoms with Crippen molar-refractivity contribution in [1.29, 1.82) is 0 Å². The fraction of sp³-hybridized carbons (Fsp3) is 0.500. The number of hydrogen-bond acceptors (Lipinski definition) is 4. The lowest BCUT2D eigenvalue weighted by atomic mass is 10.1. The van der Waals surface area contributed by atoms with E-state index in [0.29, 0.717) is 12.8 Å². The standard InChI is InChI=1S/C12H18N2OS/c1-10(2)13-8-11-6-4-5-7-12(11)14(16-13)9-15-3/h4-7,10H,8-9H2,1-3H3. The average molecular weight is 238 g/mol. The molecule has 1 aromatic rings. The van der Waals surface area contributed by atoms with Gasteiger partial charge in [-0.25, -0.2) is 4.31 Å². The first kappa shape index (κ1) is 11.8. The summed E-state index contributed by atoms with van der Waals surface area (Å²) in [6.07, 6.45) is 0. The molecule has 0 bridgehead atoms. The highest BCUT2D eigenvalue weighted by Crippen LogP contribution is 2.36. The van der Waals surface area contributed by atoms with Gasteiger partial charge in [0.25, 0.3) is 0 Å². The van der Waals surface area contributed by atoms with Gasteiger partial charge in [0.1, 0.15) is 6.73 Å². The molecule has 0 aromatic heterocycles. The minimum atomic E-state index is 0.526. The molecule has 0 unspecified atom stereocenters. The number of nitrogens with zero attached hydrogens (tertiary/aromatic N) is 2. The number of fused-ring (bicyclic) bond motifs is 1. The zero-order chi connectivity index (χ0) is 11.5. The average Bonchev–Trinajstić information content (AvgIpc) is 2.29. The lowest BCUT2D eigenvalue weighted by Crippen LogP contribution is -2.35. The van der Waals surface area contributed by atoms with E-state index in [1.807, 2.05) is 0 Å². The summed E-state index contributed by atoms with van der Waals surface area (Å²) in [5.74, 6) is 0. The Bertz CT molecular complexity index is 357. The second-order valence-corrected chi connectivity index (χ2v) is 5.25. The van der Waals surface area contributed by atoms with Crippen LogP contribution in [0.15, 0.2) is 24.3 Å². The van der Waals surface area contributed by atoms with Crippen molar-refractivity contribution in [3.8, 4) is 0 Å². The largest absolute Gasteiger partial charge is 0.363 e. The number of hydrogen-bond donors (Lipinski definition) is 0. The molecular weight excluding hydrogens is 220 g/mol. The predicted octanol–water partition coefficient (Wildman–Crippen LogP) is 2.88. The number of methoxy groups -OCH3 is 1. The fourth-order valence-corrected chi connectivity index (χ4v) is 2.80. The first-order valence-electron chi connectivity index (χ1n) is 5.51. The summed E-state index contributed by atoms with van der Waals surface area (Å²) in [5.41, 5.74) is 2.64. The maximum atomic E-state index is 5.24. The van der Waals surface area contributed by atoms with Gasteiger partial charge in [0.05, 0.1) is 5.69 Å². The third kappa shape index (κ3) is 2.34. The van der Waals surface area contributed by atoms with Crippen LogP contribution in [0.4, 0.5) is 5.69 Å². The molecule has 0 aliphatic carbocycles. The van der Waals surface area contributed by atoms with Gasteiger partial charge in [-0.1, -0.05) is 18.2 Å². The van der Waals surface area contributed by atoms with Crippen LogP contribution in [0, 0.1) is 0 Å². The van der Waals surface area contributed by atoms with Crippen molar-refractivity contribution in [3.05, 3.63) is 29.8 Å². The molecule has 1 aliphatic heterocycles. The van der Waals surface area contributed by atoms with E-state index in [1.54, 1.807) is 19.2 Å². The minimum Gasteiger partial charge on any atom is -0.363 e. The number of para-hydroxylation sites is 1. The summed E-state index contributed by atoms with van der Waals surface area (Å²) in [6, 6.07) is 9.04. The van der Waals surface area contributed by atoms with Gasteiger partial charge in [-0.05, 0) is 25.5 Å². The second kappa shape index (κ2) is 5.08. The highest BCUT2D eigenvalue weighted by Gasteiger charge is 2.24.